The lowest BCUT2D eigenvalue weighted by Crippen LogP contribution is -2.52. The van der Waals surface area contributed by atoms with Crippen LogP contribution in [-0.4, -0.2) is 62.6 Å². The van der Waals surface area contributed by atoms with Crippen molar-refractivity contribution in [2.75, 3.05) is 38.6 Å². The van der Waals surface area contributed by atoms with Crippen molar-refractivity contribution in [1.29, 1.82) is 0 Å². The number of carbonyl (C=O) groups excluding carboxylic acids is 1. The number of para-hydroxylation sites is 1. The lowest BCUT2D eigenvalue weighted by atomic mass is 10.0. The minimum atomic E-state index is -0.0174. The molecule has 7 heteroatoms. The summed E-state index contributed by atoms with van der Waals surface area (Å²) in [6.07, 6.45) is 2.13. The second-order valence-corrected chi connectivity index (χ2v) is 7.54. The average molecular weight is 380 g/mol. The molecule has 1 heterocycles. The molecular weight excluding hydrogens is 350 g/mol. The summed E-state index contributed by atoms with van der Waals surface area (Å²) >= 11 is 6.35. The molecule has 0 spiro atoms. The molecule has 1 aromatic rings. The number of carbonyl (C=O) groups is 1. The van der Waals surface area contributed by atoms with E-state index < -0.39 is 0 Å². The number of halogens is 1. The Kier molecular flexibility index (Phi) is 7.57. The van der Waals surface area contributed by atoms with Crippen LogP contribution in [0.3, 0.4) is 0 Å². The van der Waals surface area contributed by atoms with E-state index in [0.29, 0.717) is 5.96 Å². The number of benzene rings is 1. The van der Waals surface area contributed by atoms with E-state index in [9.17, 15) is 4.79 Å². The van der Waals surface area contributed by atoms with Crippen molar-refractivity contribution in [3.05, 3.63) is 29.3 Å². The summed E-state index contributed by atoms with van der Waals surface area (Å²) in [5, 5.41) is 7.57. The number of aliphatic imine (C=N–C) groups is 1. The van der Waals surface area contributed by atoms with Gasteiger partial charge < -0.3 is 20.4 Å². The van der Waals surface area contributed by atoms with E-state index in [1.807, 2.05) is 18.2 Å². The first-order chi connectivity index (χ1) is 12.4. The van der Waals surface area contributed by atoms with Gasteiger partial charge >= 0.3 is 0 Å². The number of rotatable bonds is 5. The number of anilines is 1. The summed E-state index contributed by atoms with van der Waals surface area (Å²) in [5.41, 5.74) is 1.07. The van der Waals surface area contributed by atoms with Gasteiger partial charge in [0.1, 0.15) is 6.54 Å². The maximum Gasteiger partial charge on any atom is 0.243 e. The van der Waals surface area contributed by atoms with Crippen LogP contribution >= 0.6 is 11.6 Å². The first-order valence-electron chi connectivity index (χ1n) is 9.14. The first-order valence-corrected chi connectivity index (χ1v) is 9.51. The van der Waals surface area contributed by atoms with E-state index in [-0.39, 0.29) is 24.5 Å². The Morgan fingerprint density at radius 1 is 1.38 bits per heavy atom. The van der Waals surface area contributed by atoms with Crippen molar-refractivity contribution in [3.8, 4) is 0 Å². The maximum absolute atomic E-state index is 11.8. The molecule has 6 nitrogen and oxygen atoms in total. The van der Waals surface area contributed by atoms with E-state index in [2.05, 4.69) is 40.4 Å². The molecule has 1 aliphatic heterocycles. The minimum Gasteiger partial charge on any atom is -0.368 e. The van der Waals surface area contributed by atoms with Gasteiger partial charge in [-0.1, -0.05) is 23.7 Å². The van der Waals surface area contributed by atoms with Crippen LogP contribution in [0.2, 0.25) is 5.02 Å². The zero-order chi connectivity index (χ0) is 19.1. The molecule has 1 aliphatic rings. The fourth-order valence-electron chi connectivity index (χ4n) is 2.91. The zero-order valence-corrected chi connectivity index (χ0v) is 16.9. The maximum atomic E-state index is 11.8. The van der Waals surface area contributed by atoms with Crippen molar-refractivity contribution in [2.24, 2.45) is 4.99 Å². The predicted molar refractivity (Wildman–Crippen MR) is 109 cm³/mol. The number of nitrogens with one attached hydrogen (secondary N) is 2. The Labute approximate surface area is 161 Å². The summed E-state index contributed by atoms with van der Waals surface area (Å²) in [7, 11) is 3.48. The van der Waals surface area contributed by atoms with Crippen molar-refractivity contribution in [3.63, 3.8) is 0 Å². The molecule has 0 radical (unpaired) electrons. The lowest BCUT2D eigenvalue weighted by Gasteiger charge is -2.36. The van der Waals surface area contributed by atoms with E-state index in [4.69, 9.17) is 11.6 Å². The first kappa shape index (κ1) is 20.4. The Hall–Kier alpha value is -1.95. The molecule has 2 rings (SSSR count). The van der Waals surface area contributed by atoms with Gasteiger partial charge in [0.15, 0.2) is 5.96 Å². The highest BCUT2D eigenvalue weighted by atomic mass is 35.5. The van der Waals surface area contributed by atoms with Gasteiger partial charge in [-0.2, -0.15) is 0 Å². The molecule has 2 N–H and O–H groups in total. The van der Waals surface area contributed by atoms with E-state index in [1.165, 1.54) is 0 Å². The quantitative estimate of drug-likeness (QED) is 0.609. The second kappa shape index (κ2) is 9.67. The zero-order valence-electron chi connectivity index (χ0n) is 16.1. The van der Waals surface area contributed by atoms with Crippen LogP contribution in [0.4, 0.5) is 5.69 Å². The smallest absolute Gasteiger partial charge is 0.243 e. The van der Waals surface area contributed by atoms with Crippen LogP contribution in [0.5, 0.6) is 0 Å². The fourth-order valence-corrected chi connectivity index (χ4v) is 3.17. The lowest BCUT2D eigenvalue weighted by molar-refractivity contribution is -0.127. The molecule has 144 valence electrons. The molecule has 0 bridgehead atoms. The van der Waals surface area contributed by atoms with Gasteiger partial charge in [-0.15, -0.1) is 0 Å². The summed E-state index contributed by atoms with van der Waals surface area (Å²) in [5.74, 6) is 0.664. The molecule has 1 fully saturated rings. The monoisotopic (exact) mass is 379 g/mol. The molecule has 1 saturated heterocycles. The Morgan fingerprint density at radius 2 is 2.12 bits per heavy atom. The predicted octanol–water partition coefficient (Wildman–Crippen LogP) is 2.34. The highest BCUT2D eigenvalue weighted by molar-refractivity contribution is 6.33. The molecule has 1 unspecified atom stereocenters. The minimum absolute atomic E-state index is 0.0174. The molecule has 0 saturated carbocycles. The normalized spacial score (nSPS) is 18.0. The van der Waals surface area contributed by atoms with E-state index >= 15 is 0 Å². The van der Waals surface area contributed by atoms with Crippen LogP contribution in [-0.2, 0) is 4.79 Å². The van der Waals surface area contributed by atoms with Crippen LogP contribution in [0.15, 0.2) is 29.3 Å². The van der Waals surface area contributed by atoms with Gasteiger partial charge in [-0.3, -0.25) is 4.79 Å². The highest BCUT2D eigenvalue weighted by Gasteiger charge is 2.22. The Balaban J connectivity index is 2.03. The summed E-state index contributed by atoms with van der Waals surface area (Å²) < 4.78 is 0. The molecule has 1 amide bonds. The number of piperidine rings is 1. The number of likely N-dealkylation sites (N-methyl/N-ethyl adjacent to an activating group) is 1. The van der Waals surface area contributed by atoms with Crippen LogP contribution in [0.1, 0.15) is 26.7 Å². The van der Waals surface area contributed by atoms with Gasteiger partial charge in [0.25, 0.3) is 0 Å². The molecule has 1 atom stereocenters. The summed E-state index contributed by atoms with van der Waals surface area (Å²) in [4.78, 5) is 20.2. The largest absolute Gasteiger partial charge is 0.368 e. The Bertz CT molecular complexity index is 632. The molecule has 0 aliphatic carbocycles. The van der Waals surface area contributed by atoms with Gasteiger partial charge in [-0.05, 0) is 38.8 Å². The third-order valence-corrected chi connectivity index (χ3v) is 4.57. The highest BCUT2D eigenvalue weighted by Crippen LogP contribution is 2.27. The molecular formula is C19H30ClN5O. The number of hydrogen-bond acceptors (Lipinski definition) is 3. The molecule has 0 aromatic heterocycles. The number of hydrogen-bond donors (Lipinski definition) is 2. The van der Waals surface area contributed by atoms with E-state index in [0.717, 1.165) is 36.6 Å². The SMILES string of the molecule is CC(C)NC(=NCC(=O)N(C)C)NC1CCCN(c2ccccc2Cl)C1. The summed E-state index contributed by atoms with van der Waals surface area (Å²) in [6, 6.07) is 8.43. The van der Waals surface area contributed by atoms with Crippen molar-refractivity contribution in [1.82, 2.24) is 15.5 Å². The van der Waals surface area contributed by atoms with Crippen LogP contribution < -0.4 is 15.5 Å². The third-order valence-electron chi connectivity index (χ3n) is 4.25. The second-order valence-electron chi connectivity index (χ2n) is 7.13. The number of amides is 1. The van der Waals surface area contributed by atoms with Gasteiger partial charge in [0.05, 0.1) is 10.7 Å². The van der Waals surface area contributed by atoms with Crippen molar-refractivity contribution >= 4 is 29.2 Å². The number of guanidine groups is 1. The van der Waals surface area contributed by atoms with Crippen LogP contribution in [0.25, 0.3) is 0 Å². The summed E-state index contributed by atoms with van der Waals surface area (Å²) in [6.45, 7) is 6.09. The van der Waals surface area contributed by atoms with Crippen molar-refractivity contribution in [2.45, 2.75) is 38.8 Å². The van der Waals surface area contributed by atoms with Crippen molar-refractivity contribution < 1.29 is 4.79 Å². The van der Waals surface area contributed by atoms with E-state index in [1.54, 1.807) is 19.0 Å². The molecule has 26 heavy (non-hydrogen) atoms. The number of nitrogens with zero attached hydrogens (tertiary/aromatic N) is 3. The van der Waals surface area contributed by atoms with Gasteiger partial charge in [0, 0.05) is 39.3 Å². The standard InChI is InChI=1S/C19H30ClN5O/c1-14(2)22-19(21-12-18(26)24(3)4)23-15-8-7-11-25(13-15)17-10-6-5-9-16(17)20/h5-6,9-10,14-15H,7-8,11-13H2,1-4H3,(H2,21,22,23). The van der Waals surface area contributed by atoms with Gasteiger partial charge in [0.2, 0.25) is 5.91 Å². The Morgan fingerprint density at radius 3 is 2.77 bits per heavy atom. The van der Waals surface area contributed by atoms with Crippen LogP contribution in [0, 0.1) is 0 Å². The third kappa shape index (κ3) is 6.09. The van der Waals surface area contributed by atoms with Gasteiger partial charge in [-0.25, -0.2) is 4.99 Å². The molecule has 1 aromatic carbocycles. The fraction of sp³-hybridized carbons (Fsp3) is 0.579. The average Bonchev–Trinajstić information content (AvgIpc) is 2.59. The topological polar surface area (TPSA) is 60.0 Å².